The van der Waals surface area contributed by atoms with Crippen molar-refractivity contribution in [2.75, 3.05) is 14.2 Å². The van der Waals surface area contributed by atoms with E-state index < -0.39 is 0 Å². The monoisotopic (exact) mass is 300 g/mol. The zero-order valence-electron chi connectivity index (χ0n) is 12.8. The molecule has 5 nitrogen and oxygen atoms in total. The van der Waals surface area contributed by atoms with Crippen molar-refractivity contribution in [1.29, 1.82) is 0 Å². The first-order valence-electron chi connectivity index (χ1n) is 7.39. The van der Waals surface area contributed by atoms with Gasteiger partial charge in [0.05, 0.1) is 14.2 Å². The lowest BCUT2D eigenvalue weighted by Crippen LogP contribution is -2.22. The highest BCUT2D eigenvalue weighted by molar-refractivity contribution is 5.64. The second-order valence-electron chi connectivity index (χ2n) is 5.45. The molecule has 0 radical (unpaired) electrons. The van der Waals surface area contributed by atoms with Crippen LogP contribution in [0.3, 0.4) is 0 Å². The SMILES string of the molecule is COc1ccc(-c2ccc(CNC3CC3)c(=O)[nH]2)cc1OC. The Morgan fingerprint density at radius 1 is 1.14 bits per heavy atom. The van der Waals surface area contributed by atoms with Crippen LogP contribution in [0.2, 0.25) is 0 Å². The minimum absolute atomic E-state index is 0.0552. The summed E-state index contributed by atoms with van der Waals surface area (Å²) in [6, 6.07) is 9.97. The van der Waals surface area contributed by atoms with Crippen LogP contribution in [0.15, 0.2) is 35.1 Å². The molecule has 116 valence electrons. The Morgan fingerprint density at radius 2 is 1.91 bits per heavy atom. The van der Waals surface area contributed by atoms with Gasteiger partial charge in [-0.3, -0.25) is 4.79 Å². The summed E-state index contributed by atoms with van der Waals surface area (Å²) in [5, 5.41) is 3.35. The van der Waals surface area contributed by atoms with E-state index in [0.717, 1.165) is 16.8 Å². The molecule has 0 spiro atoms. The van der Waals surface area contributed by atoms with Gasteiger partial charge in [0.15, 0.2) is 11.5 Å². The third-order valence-electron chi connectivity index (χ3n) is 3.84. The van der Waals surface area contributed by atoms with Crippen molar-refractivity contribution in [2.24, 2.45) is 0 Å². The van der Waals surface area contributed by atoms with Crippen LogP contribution in [0.4, 0.5) is 0 Å². The standard InChI is InChI=1S/C17H20N2O3/c1-21-15-8-4-11(9-16(15)22-2)14-7-3-12(17(20)19-14)10-18-13-5-6-13/h3-4,7-9,13,18H,5-6,10H2,1-2H3,(H,19,20). The molecule has 0 aliphatic heterocycles. The zero-order chi connectivity index (χ0) is 15.5. The second-order valence-corrected chi connectivity index (χ2v) is 5.45. The molecule has 2 N–H and O–H groups in total. The smallest absolute Gasteiger partial charge is 0.252 e. The topological polar surface area (TPSA) is 63.3 Å². The summed E-state index contributed by atoms with van der Waals surface area (Å²) in [5.41, 5.74) is 2.36. The van der Waals surface area contributed by atoms with Crippen LogP contribution in [0.1, 0.15) is 18.4 Å². The van der Waals surface area contributed by atoms with Gasteiger partial charge in [0.2, 0.25) is 0 Å². The van der Waals surface area contributed by atoms with Crippen molar-refractivity contribution in [3.63, 3.8) is 0 Å². The number of hydrogen-bond donors (Lipinski definition) is 2. The van der Waals surface area contributed by atoms with E-state index in [1.165, 1.54) is 12.8 Å². The minimum atomic E-state index is -0.0552. The average molecular weight is 300 g/mol. The van der Waals surface area contributed by atoms with Crippen LogP contribution < -0.4 is 20.3 Å². The van der Waals surface area contributed by atoms with Crippen molar-refractivity contribution in [1.82, 2.24) is 10.3 Å². The van der Waals surface area contributed by atoms with Crippen LogP contribution >= 0.6 is 0 Å². The predicted molar refractivity (Wildman–Crippen MR) is 85.5 cm³/mol. The van der Waals surface area contributed by atoms with Gasteiger partial charge < -0.3 is 19.8 Å². The number of nitrogens with one attached hydrogen (secondary N) is 2. The van der Waals surface area contributed by atoms with Gasteiger partial charge in [-0.2, -0.15) is 0 Å². The first-order chi connectivity index (χ1) is 10.7. The molecule has 3 rings (SSSR count). The maximum atomic E-state index is 12.2. The first kappa shape index (κ1) is 14.7. The van der Waals surface area contributed by atoms with Gasteiger partial charge in [0, 0.05) is 29.4 Å². The lowest BCUT2D eigenvalue weighted by molar-refractivity contribution is 0.355. The highest BCUT2D eigenvalue weighted by Gasteiger charge is 2.20. The van der Waals surface area contributed by atoms with Crippen LogP contribution in [0, 0.1) is 0 Å². The molecule has 5 heteroatoms. The molecule has 1 aliphatic rings. The summed E-state index contributed by atoms with van der Waals surface area (Å²) >= 11 is 0. The molecule has 1 aliphatic carbocycles. The van der Waals surface area contributed by atoms with E-state index >= 15 is 0 Å². The molecule has 0 unspecified atom stereocenters. The second kappa shape index (κ2) is 6.23. The third-order valence-corrected chi connectivity index (χ3v) is 3.84. The van der Waals surface area contributed by atoms with Crippen LogP contribution in [0.5, 0.6) is 11.5 Å². The van der Waals surface area contributed by atoms with Gasteiger partial charge >= 0.3 is 0 Å². The van der Waals surface area contributed by atoms with Crippen LogP contribution in [-0.4, -0.2) is 25.2 Å². The molecule has 2 aromatic rings. The van der Waals surface area contributed by atoms with Crippen molar-refractivity contribution in [3.05, 3.63) is 46.2 Å². The summed E-state index contributed by atoms with van der Waals surface area (Å²) < 4.78 is 10.5. The predicted octanol–water partition coefficient (Wildman–Crippen LogP) is 2.31. The molecule has 1 fully saturated rings. The molecule has 1 saturated carbocycles. The number of rotatable bonds is 6. The lowest BCUT2D eigenvalue weighted by atomic mass is 10.1. The third kappa shape index (κ3) is 3.14. The molecule has 0 amide bonds. The van der Waals surface area contributed by atoms with Gasteiger partial charge in [0.1, 0.15) is 0 Å². The Labute approximate surface area is 129 Å². The van der Waals surface area contributed by atoms with Crippen molar-refractivity contribution in [2.45, 2.75) is 25.4 Å². The van der Waals surface area contributed by atoms with Crippen molar-refractivity contribution < 1.29 is 9.47 Å². The molecular formula is C17H20N2O3. The Balaban J connectivity index is 1.85. The molecule has 0 saturated heterocycles. The lowest BCUT2D eigenvalue weighted by Gasteiger charge is -2.10. The molecule has 0 atom stereocenters. The summed E-state index contributed by atoms with van der Waals surface area (Å²) in [6.07, 6.45) is 2.42. The van der Waals surface area contributed by atoms with Gasteiger partial charge in [-0.15, -0.1) is 0 Å². The van der Waals surface area contributed by atoms with Crippen molar-refractivity contribution in [3.8, 4) is 22.8 Å². The highest BCUT2D eigenvalue weighted by atomic mass is 16.5. The van der Waals surface area contributed by atoms with E-state index in [0.29, 0.717) is 24.1 Å². The fraction of sp³-hybridized carbons (Fsp3) is 0.353. The van der Waals surface area contributed by atoms with Crippen molar-refractivity contribution >= 4 is 0 Å². The Morgan fingerprint density at radius 3 is 2.55 bits per heavy atom. The van der Waals surface area contributed by atoms with E-state index in [2.05, 4.69) is 10.3 Å². The maximum absolute atomic E-state index is 12.2. The first-order valence-corrected chi connectivity index (χ1v) is 7.39. The molecule has 1 aromatic carbocycles. The van der Waals surface area contributed by atoms with Crippen LogP contribution in [-0.2, 0) is 6.54 Å². The average Bonchev–Trinajstić information content (AvgIpc) is 3.37. The van der Waals surface area contributed by atoms with Crippen LogP contribution in [0.25, 0.3) is 11.3 Å². The Hall–Kier alpha value is -2.27. The fourth-order valence-electron chi connectivity index (χ4n) is 2.36. The number of ether oxygens (including phenoxy) is 2. The van der Waals surface area contributed by atoms with Gasteiger partial charge in [-0.25, -0.2) is 0 Å². The summed E-state index contributed by atoms with van der Waals surface area (Å²) in [5.74, 6) is 1.30. The molecule has 0 bridgehead atoms. The summed E-state index contributed by atoms with van der Waals surface area (Å²) in [4.78, 5) is 15.1. The van der Waals surface area contributed by atoms with E-state index in [9.17, 15) is 4.79 Å². The number of hydrogen-bond acceptors (Lipinski definition) is 4. The van der Waals surface area contributed by atoms with E-state index in [4.69, 9.17) is 9.47 Å². The number of aromatic nitrogens is 1. The quantitative estimate of drug-likeness (QED) is 0.859. The normalized spacial score (nSPS) is 13.9. The van der Waals surface area contributed by atoms with Gasteiger partial charge in [-0.1, -0.05) is 6.07 Å². The minimum Gasteiger partial charge on any atom is -0.493 e. The fourth-order valence-corrected chi connectivity index (χ4v) is 2.36. The highest BCUT2D eigenvalue weighted by Crippen LogP contribution is 2.31. The number of H-pyrrole nitrogens is 1. The molecule has 1 heterocycles. The number of methoxy groups -OCH3 is 2. The summed E-state index contributed by atoms with van der Waals surface area (Å²) in [7, 11) is 3.19. The Kier molecular flexibility index (Phi) is 4.15. The van der Waals surface area contributed by atoms with E-state index in [1.54, 1.807) is 14.2 Å². The van der Waals surface area contributed by atoms with E-state index in [1.807, 2.05) is 30.3 Å². The maximum Gasteiger partial charge on any atom is 0.252 e. The van der Waals surface area contributed by atoms with E-state index in [-0.39, 0.29) is 5.56 Å². The number of pyridine rings is 1. The summed E-state index contributed by atoms with van der Waals surface area (Å²) in [6.45, 7) is 0.617. The molecular weight excluding hydrogens is 280 g/mol. The largest absolute Gasteiger partial charge is 0.493 e. The van der Waals surface area contributed by atoms with Gasteiger partial charge in [-0.05, 0) is 37.1 Å². The number of aromatic amines is 1. The Bertz CT molecular complexity index is 720. The molecule has 1 aromatic heterocycles. The molecule has 22 heavy (non-hydrogen) atoms. The van der Waals surface area contributed by atoms with Gasteiger partial charge in [0.25, 0.3) is 5.56 Å². The zero-order valence-corrected chi connectivity index (χ0v) is 12.8. The number of benzene rings is 1.